The second-order valence-electron chi connectivity index (χ2n) is 3.49. The van der Waals surface area contributed by atoms with Crippen LogP contribution < -0.4 is 0 Å². The van der Waals surface area contributed by atoms with Gasteiger partial charge in [0, 0.05) is 5.56 Å². The Morgan fingerprint density at radius 3 is 2.53 bits per heavy atom. The summed E-state index contributed by atoms with van der Waals surface area (Å²) in [6.45, 7) is 0. The Labute approximate surface area is 98.0 Å². The lowest BCUT2D eigenvalue weighted by Gasteiger charge is -1.98. The average Bonchev–Trinajstić information content (AvgIpc) is 2.59. The first-order chi connectivity index (χ1) is 8.17. The van der Waals surface area contributed by atoms with Crippen molar-refractivity contribution in [1.29, 1.82) is 5.26 Å². The summed E-state index contributed by atoms with van der Waals surface area (Å²) < 4.78 is 4.65. The number of fused-ring (bicyclic) bond motifs is 1. The Kier molecular flexibility index (Phi) is 2.67. The number of nitriles is 1. The van der Waals surface area contributed by atoms with E-state index in [-0.39, 0.29) is 5.75 Å². The third-order valence-electron chi connectivity index (χ3n) is 2.53. The molecule has 0 aromatic carbocycles. The van der Waals surface area contributed by atoms with Crippen molar-refractivity contribution in [3.63, 3.8) is 0 Å². The molecule has 84 valence electrons. The number of carbonyl (C=O) groups is 1. The maximum Gasteiger partial charge on any atom is 0.338 e. The highest BCUT2D eigenvalue weighted by Gasteiger charge is 2.20. The molecule has 4 nitrogen and oxygen atoms in total. The SMILES string of the molecule is COC(=O)c1cc(C#N)c2ccc(O)ccc1-2. The fraction of sp³-hybridized carbons (Fsp3) is 0.0769. The van der Waals surface area contributed by atoms with Crippen molar-refractivity contribution < 1.29 is 14.6 Å². The number of rotatable bonds is 1. The summed E-state index contributed by atoms with van der Waals surface area (Å²) in [4.78, 5) is 11.5. The van der Waals surface area contributed by atoms with Gasteiger partial charge in [-0.25, -0.2) is 4.79 Å². The Morgan fingerprint density at radius 1 is 1.29 bits per heavy atom. The molecule has 0 saturated carbocycles. The van der Waals surface area contributed by atoms with E-state index < -0.39 is 5.97 Å². The molecule has 0 atom stereocenters. The van der Waals surface area contributed by atoms with Gasteiger partial charge in [-0.15, -0.1) is 0 Å². The number of ether oxygens (including phenoxy) is 1. The molecule has 2 aliphatic carbocycles. The molecule has 0 aromatic rings. The van der Waals surface area contributed by atoms with Crippen LogP contribution in [0.5, 0.6) is 5.75 Å². The first kappa shape index (κ1) is 11.0. The molecule has 0 unspecified atom stereocenters. The molecule has 0 heterocycles. The van der Waals surface area contributed by atoms with E-state index in [4.69, 9.17) is 5.26 Å². The molecule has 0 fully saturated rings. The van der Waals surface area contributed by atoms with Gasteiger partial charge in [0.15, 0.2) is 0 Å². The van der Waals surface area contributed by atoms with Crippen LogP contribution in [0.25, 0.3) is 11.1 Å². The van der Waals surface area contributed by atoms with Crippen LogP contribution in [0, 0.1) is 11.3 Å². The van der Waals surface area contributed by atoms with E-state index in [9.17, 15) is 9.90 Å². The summed E-state index contributed by atoms with van der Waals surface area (Å²) in [7, 11) is 1.29. The van der Waals surface area contributed by atoms with Crippen molar-refractivity contribution in [2.45, 2.75) is 0 Å². The normalized spacial score (nSPS) is 9.88. The molecule has 0 saturated heterocycles. The minimum Gasteiger partial charge on any atom is -0.508 e. The predicted octanol–water partition coefficient (Wildman–Crippen LogP) is 2.16. The van der Waals surface area contributed by atoms with Crippen molar-refractivity contribution in [1.82, 2.24) is 0 Å². The van der Waals surface area contributed by atoms with E-state index in [1.165, 1.54) is 25.3 Å². The number of esters is 1. The van der Waals surface area contributed by atoms with Crippen molar-refractivity contribution in [2.75, 3.05) is 7.11 Å². The fourth-order valence-electron chi connectivity index (χ4n) is 1.71. The summed E-state index contributed by atoms with van der Waals surface area (Å²) in [6.07, 6.45) is 0. The van der Waals surface area contributed by atoms with Crippen LogP contribution >= 0.6 is 0 Å². The van der Waals surface area contributed by atoms with Gasteiger partial charge in [0.25, 0.3) is 0 Å². The summed E-state index contributed by atoms with van der Waals surface area (Å²) >= 11 is 0. The molecule has 2 rings (SSSR count). The van der Waals surface area contributed by atoms with E-state index in [0.717, 1.165) is 0 Å². The Morgan fingerprint density at radius 2 is 1.94 bits per heavy atom. The largest absolute Gasteiger partial charge is 0.508 e. The zero-order valence-corrected chi connectivity index (χ0v) is 9.10. The van der Waals surface area contributed by atoms with E-state index >= 15 is 0 Å². The molecule has 0 aliphatic heterocycles. The van der Waals surface area contributed by atoms with Gasteiger partial charge in [-0.2, -0.15) is 5.26 Å². The monoisotopic (exact) mass is 227 g/mol. The maximum absolute atomic E-state index is 11.5. The lowest BCUT2D eigenvalue weighted by atomic mass is 10.1. The van der Waals surface area contributed by atoms with E-state index in [2.05, 4.69) is 4.74 Å². The van der Waals surface area contributed by atoms with Crippen LogP contribution in [0.4, 0.5) is 0 Å². The van der Waals surface area contributed by atoms with Crippen LogP contribution in [0.2, 0.25) is 0 Å². The van der Waals surface area contributed by atoms with E-state index in [1.807, 2.05) is 6.07 Å². The summed E-state index contributed by atoms with van der Waals surface area (Å²) in [6, 6.07) is 9.65. The molecule has 17 heavy (non-hydrogen) atoms. The molecule has 2 aliphatic rings. The first-order valence-corrected chi connectivity index (χ1v) is 4.91. The molecule has 1 N–H and O–H groups in total. The number of aromatic hydroxyl groups is 1. The van der Waals surface area contributed by atoms with Gasteiger partial charge in [0.05, 0.1) is 24.3 Å². The highest BCUT2D eigenvalue weighted by atomic mass is 16.5. The van der Waals surface area contributed by atoms with Gasteiger partial charge >= 0.3 is 5.97 Å². The summed E-state index contributed by atoms with van der Waals surface area (Å²) in [5.74, 6) is -0.428. The zero-order valence-electron chi connectivity index (χ0n) is 9.10. The van der Waals surface area contributed by atoms with E-state index in [1.54, 1.807) is 12.1 Å². The number of methoxy groups -OCH3 is 1. The fourth-order valence-corrected chi connectivity index (χ4v) is 1.71. The molecule has 0 bridgehead atoms. The van der Waals surface area contributed by atoms with Crippen LogP contribution in [-0.2, 0) is 4.74 Å². The van der Waals surface area contributed by atoms with Crippen LogP contribution in [-0.4, -0.2) is 18.2 Å². The van der Waals surface area contributed by atoms with Crippen LogP contribution in [0.3, 0.4) is 0 Å². The number of hydrogen-bond donors (Lipinski definition) is 1. The first-order valence-electron chi connectivity index (χ1n) is 4.91. The topological polar surface area (TPSA) is 70.3 Å². The third-order valence-corrected chi connectivity index (χ3v) is 2.53. The number of hydrogen-bond acceptors (Lipinski definition) is 4. The van der Waals surface area contributed by atoms with Crippen LogP contribution in [0.15, 0.2) is 30.3 Å². The molecule has 4 heteroatoms. The maximum atomic E-state index is 11.5. The van der Waals surface area contributed by atoms with Gasteiger partial charge in [-0.1, -0.05) is 0 Å². The van der Waals surface area contributed by atoms with Crippen molar-refractivity contribution >= 4 is 5.97 Å². The van der Waals surface area contributed by atoms with Gasteiger partial charge in [0.1, 0.15) is 5.75 Å². The zero-order chi connectivity index (χ0) is 12.4. The minimum atomic E-state index is -0.498. The average molecular weight is 227 g/mol. The second-order valence-corrected chi connectivity index (χ2v) is 3.49. The Bertz CT molecular complexity index is 598. The summed E-state index contributed by atoms with van der Waals surface area (Å²) in [5, 5.41) is 18.4. The smallest absolute Gasteiger partial charge is 0.338 e. The minimum absolute atomic E-state index is 0.0703. The quantitative estimate of drug-likeness (QED) is 0.758. The number of carbonyl (C=O) groups excluding carboxylic acids is 1. The van der Waals surface area contributed by atoms with Gasteiger partial charge < -0.3 is 9.84 Å². The van der Waals surface area contributed by atoms with Gasteiger partial charge in [0.2, 0.25) is 0 Å². The van der Waals surface area contributed by atoms with Gasteiger partial charge in [-0.05, 0) is 35.9 Å². The lowest BCUT2D eigenvalue weighted by molar-refractivity contribution is 0.0602. The van der Waals surface area contributed by atoms with Crippen LogP contribution in [0.1, 0.15) is 15.9 Å². The third kappa shape index (κ3) is 1.79. The summed E-state index contributed by atoms with van der Waals surface area (Å²) in [5.41, 5.74) is 1.92. The van der Waals surface area contributed by atoms with Crippen molar-refractivity contribution in [3.8, 4) is 22.9 Å². The highest BCUT2D eigenvalue weighted by molar-refractivity contribution is 6.00. The molecule has 0 spiro atoms. The molecular formula is C13H9NO3. The standard InChI is InChI=1S/C13H9NO3/c1-17-13(16)12-6-8(7-14)10-4-2-9(15)3-5-11(10)12/h2-6,15H,1H3. The molecule has 0 radical (unpaired) electrons. The highest BCUT2D eigenvalue weighted by Crippen LogP contribution is 2.32. The van der Waals surface area contributed by atoms with Crippen molar-refractivity contribution in [3.05, 3.63) is 41.5 Å². The van der Waals surface area contributed by atoms with E-state index in [0.29, 0.717) is 22.3 Å². The number of nitrogens with zero attached hydrogens (tertiary/aromatic N) is 1. The Balaban J connectivity index is 2.74. The lowest BCUT2D eigenvalue weighted by Crippen LogP contribution is -1.99. The predicted molar refractivity (Wildman–Crippen MR) is 60.8 cm³/mol. The van der Waals surface area contributed by atoms with Crippen molar-refractivity contribution in [2.24, 2.45) is 0 Å². The molecular weight excluding hydrogens is 218 g/mol. The second kappa shape index (κ2) is 4.14. The molecule has 0 amide bonds. The van der Waals surface area contributed by atoms with Gasteiger partial charge in [-0.3, -0.25) is 0 Å². The molecule has 0 aromatic heterocycles. The Hall–Kier alpha value is -2.54.